The number of aromatic nitrogens is 1. The summed E-state index contributed by atoms with van der Waals surface area (Å²) >= 11 is 0. The number of ether oxygens (including phenoxy) is 1. The number of hydrogen-bond acceptors (Lipinski definition) is 3. The van der Waals surface area contributed by atoms with Crippen LogP contribution in [-0.4, -0.2) is 11.6 Å². The average molecular weight is 254 g/mol. The van der Waals surface area contributed by atoms with E-state index in [-0.39, 0.29) is 0 Å². The molecular formula is C16H18N2O. The van der Waals surface area contributed by atoms with Crippen LogP contribution in [0.5, 0.6) is 5.88 Å². The van der Waals surface area contributed by atoms with E-state index in [9.17, 15) is 5.26 Å². The third-order valence-corrected chi connectivity index (χ3v) is 2.99. The van der Waals surface area contributed by atoms with Gasteiger partial charge < -0.3 is 4.74 Å². The molecule has 1 heterocycles. The van der Waals surface area contributed by atoms with Gasteiger partial charge in [-0.05, 0) is 24.8 Å². The summed E-state index contributed by atoms with van der Waals surface area (Å²) in [6.07, 6.45) is 2.15. The number of para-hydroxylation sites is 1. The van der Waals surface area contributed by atoms with Gasteiger partial charge >= 0.3 is 0 Å². The van der Waals surface area contributed by atoms with Gasteiger partial charge in [0.25, 0.3) is 0 Å². The van der Waals surface area contributed by atoms with Crippen LogP contribution in [0.2, 0.25) is 0 Å². The quantitative estimate of drug-likeness (QED) is 0.760. The molecule has 0 bridgehead atoms. The molecule has 0 aliphatic carbocycles. The first-order valence-electron chi connectivity index (χ1n) is 6.63. The normalized spacial score (nSPS) is 10.6. The van der Waals surface area contributed by atoms with E-state index in [0.717, 1.165) is 23.7 Å². The minimum Gasteiger partial charge on any atom is -0.478 e. The zero-order valence-corrected chi connectivity index (χ0v) is 11.4. The number of nitrogens with zero attached hydrogens (tertiary/aromatic N) is 2. The van der Waals surface area contributed by atoms with E-state index in [2.05, 4.69) is 24.9 Å². The summed E-state index contributed by atoms with van der Waals surface area (Å²) in [4.78, 5) is 4.43. The lowest BCUT2D eigenvalue weighted by Crippen LogP contribution is -2.01. The fourth-order valence-corrected chi connectivity index (χ4v) is 1.99. The number of pyridine rings is 1. The van der Waals surface area contributed by atoms with Gasteiger partial charge in [0.15, 0.2) is 0 Å². The largest absolute Gasteiger partial charge is 0.478 e. The number of fused-ring (bicyclic) bond motifs is 1. The Morgan fingerprint density at radius 2 is 2.11 bits per heavy atom. The lowest BCUT2D eigenvalue weighted by molar-refractivity contribution is 0.288. The van der Waals surface area contributed by atoms with Crippen molar-refractivity contribution in [2.75, 3.05) is 6.61 Å². The predicted octanol–water partition coefficient (Wildman–Crippen LogP) is 3.92. The van der Waals surface area contributed by atoms with E-state index in [4.69, 9.17) is 4.74 Å². The molecule has 0 N–H and O–H groups in total. The number of nitriles is 1. The highest BCUT2D eigenvalue weighted by Crippen LogP contribution is 2.21. The smallest absolute Gasteiger partial charge is 0.215 e. The van der Waals surface area contributed by atoms with Crippen LogP contribution >= 0.6 is 0 Å². The van der Waals surface area contributed by atoms with Crippen molar-refractivity contribution < 1.29 is 4.74 Å². The lowest BCUT2D eigenvalue weighted by Gasteiger charge is -2.08. The van der Waals surface area contributed by atoms with E-state index in [1.165, 1.54) is 0 Å². The van der Waals surface area contributed by atoms with E-state index >= 15 is 0 Å². The van der Waals surface area contributed by atoms with Gasteiger partial charge in [-0.2, -0.15) is 5.26 Å². The summed E-state index contributed by atoms with van der Waals surface area (Å²) in [6, 6.07) is 11.6. The summed E-state index contributed by atoms with van der Waals surface area (Å²) in [5.41, 5.74) is 1.42. The Morgan fingerprint density at radius 3 is 2.84 bits per heavy atom. The van der Waals surface area contributed by atoms with Crippen LogP contribution in [0.25, 0.3) is 10.9 Å². The van der Waals surface area contributed by atoms with Gasteiger partial charge in [-0.15, -0.1) is 0 Å². The number of hydrogen-bond donors (Lipinski definition) is 0. The highest BCUT2D eigenvalue weighted by molar-refractivity contribution is 5.85. The summed E-state index contributed by atoms with van der Waals surface area (Å²) in [5, 5.41) is 10.0. The number of benzene rings is 1. The van der Waals surface area contributed by atoms with Gasteiger partial charge in [0.1, 0.15) is 6.07 Å². The highest BCUT2D eigenvalue weighted by atomic mass is 16.5. The van der Waals surface area contributed by atoms with Crippen LogP contribution in [-0.2, 0) is 0 Å². The molecule has 1 aromatic heterocycles. The first-order chi connectivity index (χ1) is 9.20. The molecule has 0 fully saturated rings. The molecule has 0 radical (unpaired) electrons. The van der Waals surface area contributed by atoms with Crippen LogP contribution in [0.15, 0.2) is 30.3 Å². The molecule has 3 heteroatoms. The minimum absolute atomic E-state index is 0.541. The highest BCUT2D eigenvalue weighted by Gasteiger charge is 2.05. The topological polar surface area (TPSA) is 45.9 Å². The zero-order chi connectivity index (χ0) is 13.7. The maximum absolute atomic E-state index is 9.17. The van der Waals surface area contributed by atoms with Crippen molar-refractivity contribution in [2.45, 2.75) is 26.7 Å². The Morgan fingerprint density at radius 1 is 1.32 bits per heavy atom. The Bertz CT molecular complexity index is 599. The van der Waals surface area contributed by atoms with Crippen LogP contribution < -0.4 is 4.74 Å². The molecule has 1 aromatic carbocycles. The molecule has 0 aliphatic rings. The predicted molar refractivity (Wildman–Crippen MR) is 76.0 cm³/mol. The van der Waals surface area contributed by atoms with Gasteiger partial charge in [0.2, 0.25) is 5.88 Å². The third-order valence-electron chi connectivity index (χ3n) is 2.99. The molecule has 0 saturated carbocycles. The maximum Gasteiger partial charge on any atom is 0.215 e. The first-order valence-corrected chi connectivity index (χ1v) is 6.63. The summed E-state index contributed by atoms with van der Waals surface area (Å²) in [7, 11) is 0. The lowest BCUT2D eigenvalue weighted by atomic mass is 10.1. The van der Waals surface area contributed by atoms with Gasteiger partial charge in [-0.3, -0.25) is 0 Å². The van der Waals surface area contributed by atoms with Crippen molar-refractivity contribution in [1.29, 1.82) is 5.26 Å². The molecule has 3 nitrogen and oxygen atoms in total. The molecule has 0 aliphatic heterocycles. The Hall–Kier alpha value is -2.08. The molecule has 2 aromatic rings. The molecule has 0 saturated heterocycles. The van der Waals surface area contributed by atoms with E-state index in [1.54, 1.807) is 6.07 Å². The second-order valence-electron chi connectivity index (χ2n) is 5.02. The Balaban J connectivity index is 2.14. The average Bonchev–Trinajstić information content (AvgIpc) is 2.42. The van der Waals surface area contributed by atoms with Gasteiger partial charge in [-0.1, -0.05) is 32.0 Å². The molecule has 2 rings (SSSR count). The van der Waals surface area contributed by atoms with Gasteiger partial charge in [0, 0.05) is 11.5 Å². The maximum atomic E-state index is 9.17. The second kappa shape index (κ2) is 6.19. The Labute approximate surface area is 113 Å². The monoisotopic (exact) mass is 254 g/mol. The molecule has 0 amide bonds. The summed E-state index contributed by atoms with van der Waals surface area (Å²) < 4.78 is 5.64. The molecule has 0 atom stereocenters. The minimum atomic E-state index is 0.541. The third kappa shape index (κ3) is 3.45. The fraction of sp³-hybridized carbons (Fsp3) is 0.375. The van der Waals surface area contributed by atoms with E-state index < -0.39 is 0 Å². The molecule has 98 valence electrons. The Kier molecular flexibility index (Phi) is 4.35. The molecule has 0 spiro atoms. The van der Waals surface area contributed by atoms with Gasteiger partial charge in [0.05, 0.1) is 17.7 Å². The van der Waals surface area contributed by atoms with Crippen LogP contribution in [0.4, 0.5) is 0 Å². The van der Waals surface area contributed by atoms with Crippen LogP contribution in [0.3, 0.4) is 0 Å². The van der Waals surface area contributed by atoms with Crippen molar-refractivity contribution in [1.82, 2.24) is 4.98 Å². The first kappa shape index (κ1) is 13.4. The van der Waals surface area contributed by atoms with Crippen molar-refractivity contribution in [3.05, 3.63) is 35.9 Å². The van der Waals surface area contributed by atoms with E-state index in [1.807, 2.05) is 24.3 Å². The van der Waals surface area contributed by atoms with Crippen molar-refractivity contribution >= 4 is 10.9 Å². The van der Waals surface area contributed by atoms with Crippen LogP contribution in [0, 0.1) is 17.2 Å². The summed E-state index contributed by atoms with van der Waals surface area (Å²) in [6.45, 7) is 5.04. The number of rotatable bonds is 5. The van der Waals surface area contributed by atoms with Crippen molar-refractivity contribution in [3.8, 4) is 11.9 Å². The molecular weight excluding hydrogens is 236 g/mol. The second-order valence-corrected chi connectivity index (χ2v) is 5.02. The standard InChI is InChI=1S/C16H18N2O/c1-12(2)6-5-9-19-16-10-13(11-17)14-7-3-4-8-15(14)18-16/h3-4,7-8,10,12H,5-6,9H2,1-2H3. The molecule has 0 unspecified atom stereocenters. The van der Waals surface area contributed by atoms with Crippen LogP contribution in [0.1, 0.15) is 32.3 Å². The SMILES string of the molecule is CC(C)CCCOc1cc(C#N)c2ccccc2n1. The van der Waals surface area contributed by atoms with Crippen molar-refractivity contribution in [3.63, 3.8) is 0 Å². The fourth-order valence-electron chi connectivity index (χ4n) is 1.99. The summed E-state index contributed by atoms with van der Waals surface area (Å²) in [5.74, 6) is 1.22. The van der Waals surface area contributed by atoms with E-state index in [0.29, 0.717) is 24.0 Å². The van der Waals surface area contributed by atoms with Crippen molar-refractivity contribution in [2.24, 2.45) is 5.92 Å². The molecule has 19 heavy (non-hydrogen) atoms. The zero-order valence-electron chi connectivity index (χ0n) is 11.4. The van der Waals surface area contributed by atoms with Gasteiger partial charge in [-0.25, -0.2) is 4.98 Å².